The monoisotopic (exact) mass is 434 g/mol. The van der Waals surface area contributed by atoms with Crippen LogP contribution in [-0.4, -0.2) is 16.8 Å². The van der Waals surface area contributed by atoms with E-state index in [4.69, 9.17) is 21.1 Å². The normalized spacial score (nSPS) is 14.3. The van der Waals surface area contributed by atoms with Crippen LogP contribution >= 0.6 is 11.6 Å². The molecule has 0 aromatic heterocycles. The molecule has 0 saturated carbocycles. The van der Waals surface area contributed by atoms with E-state index in [0.29, 0.717) is 28.5 Å². The van der Waals surface area contributed by atoms with E-state index >= 15 is 0 Å². The first-order chi connectivity index (χ1) is 15.0. The summed E-state index contributed by atoms with van der Waals surface area (Å²) in [5, 5.41) is 11.4. The van der Waals surface area contributed by atoms with Gasteiger partial charge in [-0.3, -0.25) is 10.1 Å². The van der Waals surface area contributed by atoms with E-state index in [-0.39, 0.29) is 17.3 Å². The lowest BCUT2D eigenvalue weighted by Crippen LogP contribution is -2.05. The van der Waals surface area contributed by atoms with Crippen LogP contribution in [0.2, 0.25) is 5.02 Å². The van der Waals surface area contributed by atoms with Crippen LogP contribution in [0.25, 0.3) is 6.08 Å². The van der Waals surface area contributed by atoms with Crippen molar-refractivity contribution in [1.29, 1.82) is 0 Å². The number of nitrogens with zero attached hydrogens (tertiary/aromatic N) is 2. The van der Waals surface area contributed by atoms with E-state index in [1.165, 1.54) is 24.3 Å². The molecule has 1 heterocycles. The van der Waals surface area contributed by atoms with E-state index < -0.39 is 10.9 Å². The topological polar surface area (TPSA) is 91.0 Å². The highest BCUT2D eigenvalue weighted by atomic mass is 35.5. The number of hydrogen-bond acceptors (Lipinski definition) is 6. The molecule has 1 aliphatic heterocycles. The van der Waals surface area contributed by atoms with Gasteiger partial charge in [0.05, 0.1) is 4.92 Å². The van der Waals surface area contributed by atoms with E-state index in [9.17, 15) is 14.9 Å². The fourth-order valence-corrected chi connectivity index (χ4v) is 3.08. The van der Waals surface area contributed by atoms with Crippen molar-refractivity contribution >= 4 is 35.2 Å². The molecule has 7 nitrogen and oxygen atoms in total. The van der Waals surface area contributed by atoms with Gasteiger partial charge in [-0.15, -0.1) is 0 Å². The Kier molecular flexibility index (Phi) is 5.77. The van der Waals surface area contributed by atoms with Crippen LogP contribution in [-0.2, 0) is 16.1 Å². The number of hydrogen-bond donors (Lipinski definition) is 0. The molecule has 0 radical (unpaired) electrons. The van der Waals surface area contributed by atoms with Crippen LogP contribution in [0.5, 0.6) is 5.75 Å². The number of carbonyl (C=O) groups is 1. The van der Waals surface area contributed by atoms with Crippen molar-refractivity contribution in [2.75, 3.05) is 0 Å². The van der Waals surface area contributed by atoms with Gasteiger partial charge in [-0.2, -0.15) is 0 Å². The maximum Gasteiger partial charge on any atom is 0.363 e. The number of rotatable bonds is 6. The number of nitro groups is 1. The minimum atomic E-state index is -0.601. The second-order valence-corrected chi connectivity index (χ2v) is 7.00. The van der Waals surface area contributed by atoms with Crippen molar-refractivity contribution in [3.05, 3.63) is 110 Å². The van der Waals surface area contributed by atoms with Gasteiger partial charge >= 0.3 is 5.97 Å². The first kappa shape index (κ1) is 20.3. The first-order valence-electron chi connectivity index (χ1n) is 9.23. The molecular formula is C23H15ClN2O5. The van der Waals surface area contributed by atoms with Crippen molar-refractivity contribution in [1.82, 2.24) is 0 Å². The molecule has 31 heavy (non-hydrogen) atoms. The number of benzene rings is 3. The van der Waals surface area contributed by atoms with Crippen LogP contribution in [0.4, 0.5) is 5.69 Å². The molecule has 1 aliphatic rings. The van der Waals surface area contributed by atoms with Crippen molar-refractivity contribution in [2.24, 2.45) is 4.99 Å². The third-order valence-electron chi connectivity index (χ3n) is 4.46. The number of nitro benzene ring substituents is 1. The summed E-state index contributed by atoms with van der Waals surface area (Å²) in [6.45, 7) is 0.310. The molecule has 0 bridgehead atoms. The number of non-ortho nitro benzene ring substituents is 1. The molecule has 0 fully saturated rings. The Labute approximate surface area is 182 Å². The minimum Gasteiger partial charge on any atom is -0.489 e. The van der Waals surface area contributed by atoms with Gasteiger partial charge in [0, 0.05) is 28.3 Å². The van der Waals surface area contributed by atoms with E-state index in [0.717, 1.165) is 5.56 Å². The van der Waals surface area contributed by atoms with Crippen LogP contribution < -0.4 is 4.74 Å². The predicted molar refractivity (Wildman–Crippen MR) is 116 cm³/mol. The summed E-state index contributed by atoms with van der Waals surface area (Å²) in [4.78, 5) is 26.7. The molecule has 3 aromatic carbocycles. The van der Waals surface area contributed by atoms with Gasteiger partial charge in [-0.05, 0) is 42.0 Å². The number of halogens is 1. The van der Waals surface area contributed by atoms with Crippen molar-refractivity contribution in [2.45, 2.75) is 6.61 Å². The number of esters is 1. The summed E-state index contributed by atoms with van der Waals surface area (Å²) < 4.78 is 11.0. The quantitative estimate of drug-likeness (QED) is 0.231. The summed E-state index contributed by atoms with van der Waals surface area (Å²) in [6, 6.07) is 20.2. The van der Waals surface area contributed by atoms with Crippen LogP contribution in [0.3, 0.4) is 0 Å². The lowest BCUT2D eigenvalue weighted by Gasteiger charge is -2.08. The maximum atomic E-state index is 12.2. The summed E-state index contributed by atoms with van der Waals surface area (Å²) in [5.74, 6) is 0.105. The third kappa shape index (κ3) is 4.79. The molecule has 154 valence electrons. The Morgan fingerprint density at radius 3 is 2.58 bits per heavy atom. The van der Waals surface area contributed by atoms with Gasteiger partial charge in [-0.1, -0.05) is 41.9 Å². The summed E-state index contributed by atoms with van der Waals surface area (Å²) in [5.41, 5.74) is 2.11. The predicted octanol–water partition coefficient (Wildman–Crippen LogP) is 5.17. The highest BCUT2D eigenvalue weighted by molar-refractivity contribution is 6.31. The van der Waals surface area contributed by atoms with Gasteiger partial charge in [-0.25, -0.2) is 9.79 Å². The van der Waals surface area contributed by atoms with E-state index in [1.807, 2.05) is 24.3 Å². The van der Waals surface area contributed by atoms with Gasteiger partial charge in [0.2, 0.25) is 5.90 Å². The SMILES string of the molecule is O=C1OC(c2ccc([N+](=O)[O-])cc2)=N/C1=C\c1cccc(OCc2ccccc2Cl)c1. The maximum absolute atomic E-state index is 12.2. The molecule has 0 spiro atoms. The molecule has 0 N–H and O–H groups in total. The summed E-state index contributed by atoms with van der Waals surface area (Å²) in [7, 11) is 0. The zero-order valence-electron chi connectivity index (χ0n) is 16.0. The van der Waals surface area contributed by atoms with E-state index in [1.54, 1.807) is 30.3 Å². The Hall–Kier alpha value is -3.97. The fourth-order valence-electron chi connectivity index (χ4n) is 2.89. The average Bonchev–Trinajstić information content (AvgIpc) is 3.13. The van der Waals surface area contributed by atoms with Crippen molar-refractivity contribution < 1.29 is 19.2 Å². The number of ether oxygens (including phenoxy) is 2. The zero-order chi connectivity index (χ0) is 21.8. The molecule has 0 amide bonds. The standard InChI is InChI=1S/C23H15ClN2O5/c24-20-7-2-1-5-17(20)14-30-19-6-3-4-15(12-19)13-21-23(27)31-22(25-21)16-8-10-18(11-9-16)26(28)29/h1-13H,14H2/b21-13-. The first-order valence-corrected chi connectivity index (χ1v) is 9.61. The molecule has 0 aliphatic carbocycles. The highest BCUT2D eigenvalue weighted by Crippen LogP contribution is 2.23. The Bertz CT molecular complexity index is 1220. The Morgan fingerprint density at radius 1 is 1.06 bits per heavy atom. The van der Waals surface area contributed by atoms with Gasteiger partial charge < -0.3 is 9.47 Å². The van der Waals surface area contributed by atoms with Crippen molar-refractivity contribution in [3.8, 4) is 5.75 Å². The Balaban J connectivity index is 1.51. The molecule has 8 heteroatoms. The number of aliphatic imine (C=N–C) groups is 1. The lowest BCUT2D eigenvalue weighted by atomic mass is 10.2. The molecule has 4 rings (SSSR count). The van der Waals surface area contributed by atoms with E-state index in [2.05, 4.69) is 4.99 Å². The molecule has 3 aromatic rings. The summed E-state index contributed by atoms with van der Waals surface area (Å²) >= 11 is 6.15. The molecule has 0 saturated heterocycles. The second kappa shape index (κ2) is 8.81. The third-order valence-corrected chi connectivity index (χ3v) is 4.83. The average molecular weight is 435 g/mol. The zero-order valence-corrected chi connectivity index (χ0v) is 16.8. The van der Waals surface area contributed by atoms with Crippen LogP contribution in [0, 0.1) is 10.1 Å². The number of carbonyl (C=O) groups excluding carboxylic acids is 1. The van der Waals surface area contributed by atoms with Crippen LogP contribution in [0.15, 0.2) is 83.5 Å². The fraction of sp³-hybridized carbons (Fsp3) is 0.0435. The highest BCUT2D eigenvalue weighted by Gasteiger charge is 2.24. The molecule has 0 unspecified atom stereocenters. The van der Waals surface area contributed by atoms with Crippen LogP contribution in [0.1, 0.15) is 16.7 Å². The molecular weight excluding hydrogens is 420 g/mol. The summed E-state index contributed by atoms with van der Waals surface area (Å²) in [6.07, 6.45) is 1.59. The second-order valence-electron chi connectivity index (χ2n) is 6.59. The largest absolute Gasteiger partial charge is 0.489 e. The van der Waals surface area contributed by atoms with Gasteiger partial charge in [0.1, 0.15) is 12.4 Å². The lowest BCUT2D eigenvalue weighted by molar-refractivity contribution is -0.384. The van der Waals surface area contributed by atoms with Gasteiger partial charge in [0.25, 0.3) is 5.69 Å². The van der Waals surface area contributed by atoms with Crippen molar-refractivity contribution in [3.63, 3.8) is 0 Å². The smallest absolute Gasteiger partial charge is 0.363 e. The number of cyclic esters (lactones) is 1. The Morgan fingerprint density at radius 2 is 1.84 bits per heavy atom. The molecule has 0 atom stereocenters. The minimum absolute atomic E-state index is 0.0574. The van der Waals surface area contributed by atoms with Gasteiger partial charge in [0.15, 0.2) is 5.70 Å².